The van der Waals surface area contributed by atoms with Gasteiger partial charge in [0.1, 0.15) is 17.3 Å². The van der Waals surface area contributed by atoms with Crippen molar-refractivity contribution in [3.8, 4) is 11.5 Å². The van der Waals surface area contributed by atoms with Crippen molar-refractivity contribution in [2.24, 2.45) is 0 Å². The second-order valence-electron chi connectivity index (χ2n) is 8.70. The van der Waals surface area contributed by atoms with Gasteiger partial charge >= 0.3 is 0 Å². The van der Waals surface area contributed by atoms with E-state index in [0.717, 1.165) is 24.0 Å². The van der Waals surface area contributed by atoms with Crippen LogP contribution in [0, 0.1) is 0 Å². The van der Waals surface area contributed by atoms with Crippen molar-refractivity contribution in [1.29, 1.82) is 0 Å². The first-order valence-corrected chi connectivity index (χ1v) is 12.3. The maximum absolute atomic E-state index is 13.3. The molecule has 3 aromatic carbocycles. The third-order valence-electron chi connectivity index (χ3n) is 6.00. The van der Waals surface area contributed by atoms with Crippen LogP contribution in [0.25, 0.3) is 5.76 Å². The number of aliphatic hydroxyl groups excluding tert-OH is 1. The van der Waals surface area contributed by atoms with Gasteiger partial charge in [0.2, 0.25) is 0 Å². The van der Waals surface area contributed by atoms with Crippen LogP contribution in [-0.2, 0) is 16.1 Å². The van der Waals surface area contributed by atoms with Crippen LogP contribution in [0.4, 0.5) is 0 Å². The molecule has 1 amide bonds. The van der Waals surface area contributed by atoms with Crippen LogP contribution in [0.1, 0.15) is 49.4 Å². The molecule has 0 bridgehead atoms. The molecular weight excluding hydrogens is 454 g/mol. The molecule has 1 aliphatic rings. The fourth-order valence-corrected chi connectivity index (χ4v) is 4.22. The highest BCUT2D eigenvalue weighted by atomic mass is 16.5. The zero-order valence-electron chi connectivity index (χ0n) is 20.6. The molecular formula is C30H31NO5. The molecule has 1 fully saturated rings. The van der Waals surface area contributed by atoms with Gasteiger partial charge in [0, 0.05) is 12.1 Å². The number of hydrogen-bond donors (Lipinski definition) is 1. The van der Waals surface area contributed by atoms with Crippen molar-refractivity contribution >= 4 is 17.4 Å². The molecule has 6 heteroatoms. The monoisotopic (exact) mass is 485 g/mol. The Morgan fingerprint density at radius 2 is 1.36 bits per heavy atom. The van der Waals surface area contributed by atoms with E-state index in [4.69, 9.17) is 9.47 Å². The average Bonchev–Trinajstić information content (AvgIpc) is 3.16. The molecule has 186 valence electrons. The summed E-state index contributed by atoms with van der Waals surface area (Å²) in [5.74, 6) is -0.159. The summed E-state index contributed by atoms with van der Waals surface area (Å²) in [7, 11) is 0. The van der Waals surface area contributed by atoms with Crippen LogP contribution in [0.3, 0.4) is 0 Å². The topological polar surface area (TPSA) is 76.1 Å². The highest BCUT2D eigenvalue weighted by Gasteiger charge is 2.46. The fourth-order valence-electron chi connectivity index (χ4n) is 4.22. The van der Waals surface area contributed by atoms with Gasteiger partial charge in [-0.1, -0.05) is 56.3 Å². The van der Waals surface area contributed by atoms with Crippen LogP contribution >= 0.6 is 0 Å². The summed E-state index contributed by atoms with van der Waals surface area (Å²) >= 11 is 0. The molecule has 1 unspecified atom stereocenters. The lowest BCUT2D eigenvalue weighted by atomic mass is 9.95. The highest BCUT2D eigenvalue weighted by molar-refractivity contribution is 6.46. The Hall–Kier alpha value is -4.06. The van der Waals surface area contributed by atoms with Crippen molar-refractivity contribution < 1.29 is 24.2 Å². The van der Waals surface area contributed by atoms with Crippen molar-refractivity contribution in [3.05, 3.63) is 101 Å². The zero-order valence-corrected chi connectivity index (χ0v) is 20.6. The van der Waals surface area contributed by atoms with Crippen molar-refractivity contribution in [3.63, 3.8) is 0 Å². The van der Waals surface area contributed by atoms with E-state index in [1.807, 2.05) is 68.4 Å². The maximum Gasteiger partial charge on any atom is 0.295 e. The van der Waals surface area contributed by atoms with Crippen molar-refractivity contribution in [2.75, 3.05) is 13.2 Å². The second-order valence-corrected chi connectivity index (χ2v) is 8.70. The van der Waals surface area contributed by atoms with Gasteiger partial charge in [-0.2, -0.15) is 0 Å². The first-order valence-electron chi connectivity index (χ1n) is 12.3. The number of rotatable bonds is 10. The predicted octanol–water partition coefficient (Wildman–Crippen LogP) is 5.89. The summed E-state index contributed by atoms with van der Waals surface area (Å²) in [6, 6.07) is 23.0. The van der Waals surface area contributed by atoms with E-state index in [1.54, 1.807) is 24.3 Å². The lowest BCUT2D eigenvalue weighted by molar-refractivity contribution is -0.140. The minimum atomic E-state index is -0.735. The number of amides is 1. The summed E-state index contributed by atoms with van der Waals surface area (Å²) in [5, 5.41) is 11.3. The van der Waals surface area contributed by atoms with E-state index >= 15 is 0 Å². The number of ketones is 1. The van der Waals surface area contributed by atoms with Gasteiger partial charge in [-0.05, 0) is 60.4 Å². The Labute approximate surface area is 211 Å². The van der Waals surface area contributed by atoms with E-state index in [0.29, 0.717) is 30.3 Å². The quantitative estimate of drug-likeness (QED) is 0.220. The van der Waals surface area contributed by atoms with E-state index in [9.17, 15) is 14.7 Å². The lowest BCUT2D eigenvalue weighted by Crippen LogP contribution is -2.29. The molecule has 0 radical (unpaired) electrons. The molecule has 1 N–H and O–H groups in total. The minimum absolute atomic E-state index is 0.0698. The molecule has 4 rings (SSSR count). The van der Waals surface area contributed by atoms with E-state index in [2.05, 4.69) is 0 Å². The zero-order chi connectivity index (χ0) is 25.5. The standard InChI is InChI=1S/C30H31NO5/c1-3-18-35-24-14-10-22(11-15-24)27-26(28(32)23-12-16-25(17-13-23)36-19-4-2)29(33)30(34)31(27)20-21-8-6-5-7-9-21/h5-17,27,32H,3-4,18-20H2,1-2H3. The van der Waals surface area contributed by atoms with Gasteiger partial charge < -0.3 is 19.5 Å². The normalized spacial score (nSPS) is 16.8. The smallest absolute Gasteiger partial charge is 0.295 e. The van der Waals surface area contributed by atoms with Crippen LogP contribution in [-0.4, -0.2) is 34.9 Å². The molecule has 3 aromatic rings. The average molecular weight is 486 g/mol. The molecule has 0 spiro atoms. The first-order chi connectivity index (χ1) is 17.5. The number of nitrogens with zero attached hydrogens (tertiary/aromatic N) is 1. The molecule has 0 saturated carbocycles. The Bertz CT molecular complexity index is 1220. The minimum Gasteiger partial charge on any atom is -0.507 e. The molecule has 1 saturated heterocycles. The number of ether oxygens (including phenoxy) is 2. The molecule has 6 nitrogen and oxygen atoms in total. The van der Waals surface area contributed by atoms with Gasteiger partial charge in [-0.3, -0.25) is 9.59 Å². The van der Waals surface area contributed by atoms with Crippen LogP contribution in [0.2, 0.25) is 0 Å². The molecule has 1 heterocycles. The lowest BCUT2D eigenvalue weighted by Gasteiger charge is -2.25. The second kappa shape index (κ2) is 11.6. The molecule has 0 aromatic heterocycles. The van der Waals surface area contributed by atoms with Gasteiger partial charge in [-0.25, -0.2) is 0 Å². The Morgan fingerprint density at radius 1 is 0.806 bits per heavy atom. The highest BCUT2D eigenvalue weighted by Crippen LogP contribution is 2.40. The van der Waals surface area contributed by atoms with E-state index in [1.165, 1.54) is 4.90 Å². The fraction of sp³-hybridized carbons (Fsp3) is 0.267. The number of carbonyl (C=O) groups excluding carboxylic acids is 2. The summed E-state index contributed by atoms with van der Waals surface area (Å²) in [5.41, 5.74) is 2.13. The largest absolute Gasteiger partial charge is 0.507 e. The molecule has 0 aliphatic carbocycles. The summed E-state index contributed by atoms with van der Waals surface area (Å²) < 4.78 is 11.3. The third kappa shape index (κ3) is 5.43. The number of aliphatic hydroxyl groups is 1. The van der Waals surface area contributed by atoms with E-state index < -0.39 is 17.7 Å². The van der Waals surface area contributed by atoms with E-state index in [-0.39, 0.29) is 17.9 Å². The number of carbonyl (C=O) groups is 2. The number of Topliss-reactive ketones (excluding diaryl/α,β-unsaturated/α-hetero) is 1. The van der Waals surface area contributed by atoms with Gasteiger partial charge in [-0.15, -0.1) is 0 Å². The predicted molar refractivity (Wildman–Crippen MR) is 139 cm³/mol. The SMILES string of the molecule is CCCOc1ccc(C(O)=C2C(=O)C(=O)N(Cc3ccccc3)C2c2ccc(OCCC)cc2)cc1. The molecule has 36 heavy (non-hydrogen) atoms. The van der Waals surface area contributed by atoms with Crippen molar-refractivity contribution in [1.82, 2.24) is 4.90 Å². The van der Waals surface area contributed by atoms with Gasteiger partial charge in [0.15, 0.2) is 0 Å². The summed E-state index contributed by atoms with van der Waals surface area (Å²) in [6.45, 7) is 5.49. The summed E-state index contributed by atoms with van der Waals surface area (Å²) in [6.07, 6.45) is 1.77. The Balaban J connectivity index is 1.75. The maximum atomic E-state index is 13.3. The van der Waals surface area contributed by atoms with Crippen molar-refractivity contribution in [2.45, 2.75) is 39.3 Å². The molecule has 1 aliphatic heterocycles. The number of likely N-dealkylation sites (tertiary alicyclic amines) is 1. The Kier molecular flexibility index (Phi) is 8.06. The van der Waals surface area contributed by atoms with Gasteiger partial charge in [0.25, 0.3) is 11.7 Å². The number of benzene rings is 3. The van der Waals surface area contributed by atoms with Crippen LogP contribution < -0.4 is 9.47 Å². The Morgan fingerprint density at radius 3 is 1.92 bits per heavy atom. The number of hydrogen-bond acceptors (Lipinski definition) is 5. The van der Waals surface area contributed by atoms with Crippen LogP contribution in [0.5, 0.6) is 11.5 Å². The third-order valence-corrected chi connectivity index (χ3v) is 6.00. The van der Waals surface area contributed by atoms with Crippen LogP contribution in [0.15, 0.2) is 84.4 Å². The summed E-state index contributed by atoms with van der Waals surface area (Å²) in [4.78, 5) is 28.0. The first kappa shape index (κ1) is 25.0. The van der Waals surface area contributed by atoms with Gasteiger partial charge in [0.05, 0.1) is 24.8 Å². The molecule has 1 atom stereocenters.